The van der Waals surface area contributed by atoms with Gasteiger partial charge in [-0.05, 0) is 87.2 Å². The fourth-order valence-corrected chi connectivity index (χ4v) is 6.64. The van der Waals surface area contributed by atoms with E-state index in [-0.39, 0.29) is 19.6 Å². The van der Waals surface area contributed by atoms with Gasteiger partial charge >= 0.3 is 0 Å². The summed E-state index contributed by atoms with van der Waals surface area (Å²) in [5, 5.41) is 2.64. The number of nitrogens with one attached hydrogen (secondary N) is 1. The number of benzene rings is 2. The average molecular weight is 946 g/mol. The molecule has 0 spiro atoms. The molecular weight excluding hydrogens is 899 g/mol. The minimum Gasteiger partial charge on any atom is -0.351 e. The van der Waals surface area contributed by atoms with Crippen molar-refractivity contribution in [2.75, 3.05) is 31.1 Å². The Balaban J connectivity index is 0.000000221. The Labute approximate surface area is 389 Å². The number of anilines is 1. The zero-order valence-electron chi connectivity index (χ0n) is 35.4. The normalized spacial score (nSPS) is 13.1. The van der Waals surface area contributed by atoms with Gasteiger partial charge in [-0.25, -0.2) is 27.5 Å². The van der Waals surface area contributed by atoms with Crippen molar-refractivity contribution in [1.29, 1.82) is 0 Å². The van der Waals surface area contributed by atoms with E-state index in [1.807, 2.05) is 0 Å². The molecule has 4 aromatic heterocycles. The van der Waals surface area contributed by atoms with Crippen LogP contribution in [0, 0.1) is 23.3 Å². The van der Waals surface area contributed by atoms with Crippen LogP contribution < -0.4 is 10.2 Å². The van der Waals surface area contributed by atoms with Crippen LogP contribution in [0.1, 0.15) is 84.5 Å². The topological polar surface area (TPSA) is 170 Å². The third-order valence-corrected chi connectivity index (χ3v) is 10.1. The Morgan fingerprint density at radius 3 is 1.67 bits per heavy atom. The molecule has 6 aromatic rings. The highest BCUT2D eigenvalue weighted by atomic mass is 35.5. The summed E-state index contributed by atoms with van der Waals surface area (Å²) < 4.78 is 52.7. The highest BCUT2D eigenvalue weighted by Crippen LogP contribution is 2.27. The van der Waals surface area contributed by atoms with Crippen molar-refractivity contribution in [2.24, 2.45) is 0 Å². The standard InChI is InChI=1S/C22H19F2N5O.C13H17N3O.C7H3ClF2O.C4H3ClN2.CH4/c1-14-5-8-29(21-12-25-6-7-26-21)13-16(14)19-11-27-15(10-28-19)9-20(30)22-17(23)3-2-4-18(22)24;1-9-3-4-14-7-12(9)13-8-15-11(6-16-13)5-10(2)17;8-7(11)6-4(9)2-1-3-5(6)10;5-4-3-6-1-2-7-4;/h2-4,6-7,10-12H,5,8-9,13H2,1H3;6,8,14H,3-5,7H2,1-2H3;1-3H;1-3H;1H4. The molecule has 2 aromatic carbocycles. The maximum atomic E-state index is 13.8. The van der Waals surface area contributed by atoms with Gasteiger partial charge in [-0.3, -0.25) is 44.3 Å². The maximum absolute atomic E-state index is 13.8. The lowest BCUT2D eigenvalue weighted by Crippen LogP contribution is -2.31. The zero-order valence-corrected chi connectivity index (χ0v) is 36.9. The smallest absolute Gasteiger partial charge is 0.258 e. The zero-order chi connectivity index (χ0) is 46.9. The van der Waals surface area contributed by atoms with Crippen LogP contribution in [-0.4, -0.2) is 82.9 Å². The number of hydrogen-bond donors (Lipinski definition) is 1. The summed E-state index contributed by atoms with van der Waals surface area (Å²) in [5.41, 5.74) is 6.32. The van der Waals surface area contributed by atoms with Gasteiger partial charge in [0.1, 0.15) is 45.6 Å². The summed E-state index contributed by atoms with van der Waals surface area (Å²) in [6.07, 6.45) is 18.2. The molecule has 0 unspecified atom stereocenters. The van der Waals surface area contributed by atoms with Crippen molar-refractivity contribution < 1.29 is 31.9 Å². The van der Waals surface area contributed by atoms with Gasteiger partial charge < -0.3 is 10.2 Å². The Bertz CT molecular complexity index is 2600. The molecule has 0 saturated carbocycles. The first-order chi connectivity index (χ1) is 31.2. The summed E-state index contributed by atoms with van der Waals surface area (Å²) in [6.45, 7) is 9.11. The number of ketones is 2. The number of halogens is 6. The van der Waals surface area contributed by atoms with Crippen molar-refractivity contribution in [3.05, 3.63) is 172 Å². The number of carbonyl (C=O) groups is 3. The second kappa shape index (κ2) is 25.7. The van der Waals surface area contributed by atoms with Crippen molar-refractivity contribution in [3.8, 4) is 0 Å². The van der Waals surface area contributed by atoms with E-state index in [9.17, 15) is 31.9 Å². The third-order valence-electron chi connectivity index (χ3n) is 9.72. The number of rotatable bonds is 9. The van der Waals surface area contributed by atoms with Crippen LogP contribution in [0.2, 0.25) is 5.15 Å². The van der Waals surface area contributed by atoms with E-state index >= 15 is 0 Å². The molecule has 2 aliphatic heterocycles. The molecule has 8 rings (SSSR count). The lowest BCUT2D eigenvalue weighted by atomic mass is 9.99. The molecule has 66 heavy (non-hydrogen) atoms. The molecule has 1 N–H and O–H groups in total. The third kappa shape index (κ3) is 15.2. The Kier molecular flexibility index (Phi) is 20.2. The number of aromatic nitrogens is 8. The van der Waals surface area contributed by atoms with Crippen molar-refractivity contribution >= 4 is 57.0 Å². The lowest BCUT2D eigenvalue weighted by Gasteiger charge is -2.30. The second-order valence-electron chi connectivity index (χ2n) is 14.4. The van der Waals surface area contributed by atoms with E-state index in [0.29, 0.717) is 29.5 Å². The molecule has 19 heteroatoms. The van der Waals surface area contributed by atoms with Gasteiger partial charge in [-0.2, -0.15) is 0 Å². The van der Waals surface area contributed by atoms with E-state index in [1.165, 1.54) is 35.2 Å². The van der Waals surface area contributed by atoms with Crippen molar-refractivity contribution in [3.63, 3.8) is 0 Å². The molecule has 0 bridgehead atoms. The van der Waals surface area contributed by atoms with Gasteiger partial charge in [-0.1, -0.05) is 42.3 Å². The number of hydrogen-bond acceptors (Lipinski definition) is 13. The van der Waals surface area contributed by atoms with Crippen molar-refractivity contribution in [2.45, 2.75) is 53.9 Å². The largest absolute Gasteiger partial charge is 0.351 e. The molecule has 344 valence electrons. The molecule has 0 fully saturated rings. The second-order valence-corrected chi connectivity index (χ2v) is 15.2. The number of nitrogens with zero attached hydrogens (tertiary/aromatic N) is 9. The summed E-state index contributed by atoms with van der Waals surface area (Å²) in [4.78, 5) is 69.0. The van der Waals surface area contributed by atoms with E-state index in [0.717, 1.165) is 85.6 Å². The Morgan fingerprint density at radius 1 is 0.667 bits per heavy atom. The van der Waals surface area contributed by atoms with Gasteiger partial charge in [0.2, 0.25) is 0 Å². The Morgan fingerprint density at radius 2 is 1.21 bits per heavy atom. The first-order valence-corrected chi connectivity index (χ1v) is 20.7. The minimum absolute atomic E-state index is 0. The first-order valence-electron chi connectivity index (χ1n) is 19.9. The van der Waals surface area contributed by atoms with Crippen LogP contribution in [0.25, 0.3) is 11.1 Å². The quantitative estimate of drug-likeness (QED) is 0.0828. The summed E-state index contributed by atoms with van der Waals surface area (Å²) in [5.74, 6) is -3.40. The van der Waals surface area contributed by atoms with Crippen LogP contribution in [0.3, 0.4) is 0 Å². The molecule has 2 aliphatic rings. The van der Waals surface area contributed by atoms with Crippen LogP contribution >= 0.6 is 23.2 Å². The van der Waals surface area contributed by atoms with Crippen LogP contribution in [0.4, 0.5) is 23.4 Å². The molecule has 0 radical (unpaired) electrons. The average Bonchev–Trinajstić information content (AvgIpc) is 3.28. The first kappa shape index (κ1) is 51.9. The molecular formula is C47H46Cl2F4N10O3. The summed E-state index contributed by atoms with van der Waals surface area (Å²) in [7, 11) is 0. The molecule has 6 heterocycles. The predicted molar refractivity (Wildman–Crippen MR) is 245 cm³/mol. The number of carbonyl (C=O) groups excluding carboxylic acids is 3. The van der Waals surface area contributed by atoms with Crippen LogP contribution in [0.15, 0.2) is 110 Å². The highest BCUT2D eigenvalue weighted by molar-refractivity contribution is 6.67. The van der Waals surface area contributed by atoms with Gasteiger partial charge in [0, 0.05) is 63.2 Å². The monoisotopic (exact) mass is 944 g/mol. The molecule has 0 saturated heterocycles. The maximum Gasteiger partial charge on any atom is 0.258 e. The number of Topliss-reactive ketones (excluding diaryl/α,β-unsaturated/α-hetero) is 2. The van der Waals surface area contributed by atoms with Crippen molar-refractivity contribution in [1.82, 2.24) is 45.2 Å². The highest BCUT2D eigenvalue weighted by Gasteiger charge is 2.22. The fraction of sp³-hybridized carbons (Fsp3) is 0.255. The van der Waals surface area contributed by atoms with E-state index in [1.54, 1.807) is 56.5 Å². The van der Waals surface area contributed by atoms with Gasteiger partial charge in [-0.15, -0.1) is 0 Å². The predicted octanol–water partition coefficient (Wildman–Crippen LogP) is 9.14. The minimum atomic E-state index is -1.12. The summed E-state index contributed by atoms with van der Waals surface area (Å²) >= 11 is 10.3. The van der Waals surface area contributed by atoms with Crippen LogP contribution in [0.5, 0.6) is 0 Å². The molecule has 0 atom stereocenters. The SMILES string of the molecule is C.CC(=O)Cc1cnc(C2=C(C)CCNC2)cn1.CC1=C(c2cnc(CC(=O)c3c(F)cccc3F)cn2)CN(c2cnccn2)CC1.Clc1cnccn1.O=C(Cl)c1c(F)cccc1F. The van der Waals surface area contributed by atoms with Crippen LogP contribution in [-0.2, 0) is 17.6 Å². The van der Waals surface area contributed by atoms with Gasteiger partial charge in [0.05, 0.1) is 59.5 Å². The lowest BCUT2D eigenvalue weighted by molar-refractivity contribution is -0.116. The molecule has 0 amide bonds. The molecule has 0 aliphatic carbocycles. The summed E-state index contributed by atoms with van der Waals surface area (Å²) in [6, 6.07) is 6.45. The molecule has 13 nitrogen and oxygen atoms in total. The van der Waals surface area contributed by atoms with Gasteiger partial charge in [0.25, 0.3) is 5.24 Å². The van der Waals surface area contributed by atoms with E-state index in [4.69, 9.17) is 23.2 Å². The van der Waals surface area contributed by atoms with E-state index < -0.39 is 45.4 Å². The Hall–Kier alpha value is -6.69. The fourth-order valence-electron chi connectivity index (χ4n) is 6.35. The van der Waals surface area contributed by atoms with Gasteiger partial charge in [0.15, 0.2) is 5.78 Å². The van der Waals surface area contributed by atoms with E-state index in [2.05, 4.69) is 63.9 Å².